The van der Waals surface area contributed by atoms with Crippen LogP contribution >= 0.6 is 23.1 Å². The van der Waals surface area contributed by atoms with Crippen LogP contribution in [0.3, 0.4) is 0 Å². The normalized spacial score (nSPS) is 17.0. The molecule has 0 unspecified atom stereocenters. The summed E-state index contributed by atoms with van der Waals surface area (Å²) in [5, 5.41) is 1.58. The maximum absolute atomic E-state index is 13.2. The molecule has 1 aliphatic rings. The zero-order valence-electron chi connectivity index (χ0n) is 15.5. The molecule has 2 aromatic heterocycles. The van der Waals surface area contributed by atoms with Crippen molar-refractivity contribution in [2.75, 3.05) is 12.4 Å². The maximum atomic E-state index is 13.2. The number of ether oxygens (including phenoxy) is 1. The predicted octanol–water partition coefficient (Wildman–Crippen LogP) is 4.53. The largest absolute Gasteiger partial charge is 0.377 e. The van der Waals surface area contributed by atoms with Crippen molar-refractivity contribution >= 4 is 33.3 Å². The molecular weight excluding hydrogens is 376 g/mol. The van der Waals surface area contributed by atoms with E-state index in [-0.39, 0.29) is 11.7 Å². The van der Waals surface area contributed by atoms with E-state index in [1.54, 1.807) is 23.1 Å². The Morgan fingerprint density at radius 3 is 2.93 bits per heavy atom. The molecule has 0 bridgehead atoms. The fourth-order valence-electron chi connectivity index (χ4n) is 3.36. The van der Waals surface area contributed by atoms with Crippen LogP contribution in [-0.4, -0.2) is 28.0 Å². The summed E-state index contributed by atoms with van der Waals surface area (Å²) in [5.74, 6) is 0.856. The highest BCUT2D eigenvalue weighted by molar-refractivity contribution is 7.99. The van der Waals surface area contributed by atoms with Gasteiger partial charge >= 0.3 is 0 Å². The highest BCUT2D eigenvalue weighted by Crippen LogP contribution is 2.27. The van der Waals surface area contributed by atoms with E-state index in [1.165, 1.54) is 10.4 Å². The second kappa shape index (κ2) is 8.59. The lowest BCUT2D eigenvalue weighted by molar-refractivity contribution is 0.129. The van der Waals surface area contributed by atoms with E-state index in [0.29, 0.717) is 6.54 Å². The van der Waals surface area contributed by atoms with Gasteiger partial charge in [0.2, 0.25) is 0 Å². The summed E-state index contributed by atoms with van der Waals surface area (Å²) in [6, 6.07) is 12.3. The van der Waals surface area contributed by atoms with E-state index in [9.17, 15) is 4.79 Å². The molecule has 3 heterocycles. The van der Waals surface area contributed by atoms with Crippen LogP contribution in [0.2, 0.25) is 0 Å². The number of benzene rings is 1. The molecule has 6 heteroatoms. The summed E-state index contributed by atoms with van der Waals surface area (Å²) in [4.78, 5) is 20.1. The van der Waals surface area contributed by atoms with Crippen LogP contribution in [0, 0.1) is 0 Å². The molecule has 0 amide bonds. The van der Waals surface area contributed by atoms with Crippen molar-refractivity contribution in [1.82, 2.24) is 9.55 Å². The predicted molar refractivity (Wildman–Crippen MR) is 113 cm³/mol. The highest BCUT2D eigenvalue weighted by Gasteiger charge is 2.19. The first-order valence-electron chi connectivity index (χ1n) is 9.56. The van der Waals surface area contributed by atoms with Crippen molar-refractivity contribution in [2.24, 2.45) is 0 Å². The second-order valence-corrected chi connectivity index (χ2v) is 8.92. The summed E-state index contributed by atoms with van der Waals surface area (Å²) in [7, 11) is 0. The van der Waals surface area contributed by atoms with E-state index >= 15 is 0 Å². The molecule has 1 fully saturated rings. The molecule has 1 atom stereocenters. The van der Waals surface area contributed by atoms with Crippen molar-refractivity contribution in [3.05, 3.63) is 57.2 Å². The SMILES string of the molecule is CCc1cc2c(=O)n(CCc3ccccc3)c(SC[C@H]3CCCO3)nc2s1. The van der Waals surface area contributed by atoms with Crippen molar-refractivity contribution in [3.8, 4) is 0 Å². The molecule has 1 aromatic carbocycles. The van der Waals surface area contributed by atoms with E-state index in [1.807, 2.05) is 28.8 Å². The molecule has 0 radical (unpaired) electrons. The number of thiophene rings is 1. The number of thioether (sulfide) groups is 1. The Kier molecular flexibility index (Phi) is 5.95. The smallest absolute Gasteiger partial charge is 0.262 e. The van der Waals surface area contributed by atoms with E-state index in [2.05, 4.69) is 19.1 Å². The van der Waals surface area contributed by atoms with Crippen LogP contribution < -0.4 is 5.56 Å². The second-order valence-electron chi connectivity index (χ2n) is 6.82. The molecule has 1 aliphatic heterocycles. The van der Waals surface area contributed by atoms with Gasteiger partial charge in [-0.15, -0.1) is 11.3 Å². The lowest BCUT2D eigenvalue weighted by atomic mass is 10.1. The zero-order valence-corrected chi connectivity index (χ0v) is 17.2. The lowest BCUT2D eigenvalue weighted by Crippen LogP contribution is -2.24. The third-order valence-corrected chi connectivity index (χ3v) is 7.19. The Morgan fingerprint density at radius 2 is 2.19 bits per heavy atom. The Morgan fingerprint density at radius 1 is 1.33 bits per heavy atom. The molecule has 1 saturated heterocycles. The molecule has 4 nitrogen and oxygen atoms in total. The van der Waals surface area contributed by atoms with Gasteiger partial charge in [0.15, 0.2) is 5.16 Å². The summed E-state index contributed by atoms with van der Waals surface area (Å²) in [6.45, 7) is 3.62. The minimum atomic E-state index is 0.0849. The lowest BCUT2D eigenvalue weighted by Gasteiger charge is -2.14. The molecule has 0 saturated carbocycles. The van der Waals surface area contributed by atoms with Crippen LogP contribution in [0.15, 0.2) is 46.3 Å². The zero-order chi connectivity index (χ0) is 18.6. The number of fused-ring (bicyclic) bond motifs is 1. The number of aryl methyl sites for hydroxylation is 2. The summed E-state index contributed by atoms with van der Waals surface area (Å²) < 4.78 is 7.61. The van der Waals surface area contributed by atoms with Gasteiger partial charge in [-0.25, -0.2) is 4.98 Å². The first kappa shape index (κ1) is 18.7. The van der Waals surface area contributed by atoms with Crippen molar-refractivity contribution in [3.63, 3.8) is 0 Å². The molecule has 0 N–H and O–H groups in total. The Balaban J connectivity index is 1.65. The van der Waals surface area contributed by atoms with Crippen molar-refractivity contribution < 1.29 is 4.74 Å². The third-order valence-electron chi connectivity index (χ3n) is 4.90. The molecule has 27 heavy (non-hydrogen) atoms. The third kappa shape index (κ3) is 4.28. The van der Waals surface area contributed by atoms with Crippen molar-refractivity contribution in [1.29, 1.82) is 0 Å². The Hall–Kier alpha value is -1.63. The standard InChI is InChI=1S/C21H24N2O2S2/c1-2-17-13-18-19(27-17)22-21(26-14-16-9-6-12-25-16)23(20(18)24)11-10-15-7-4-3-5-8-15/h3-5,7-8,13,16H,2,6,9-12,14H2,1H3/t16-/m1/s1. The maximum Gasteiger partial charge on any atom is 0.262 e. The fraction of sp³-hybridized carbons (Fsp3) is 0.429. The van der Waals surface area contributed by atoms with E-state index < -0.39 is 0 Å². The van der Waals surface area contributed by atoms with Gasteiger partial charge in [0.25, 0.3) is 5.56 Å². The highest BCUT2D eigenvalue weighted by atomic mass is 32.2. The van der Waals surface area contributed by atoms with Gasteiger partial charge in [-0.05, 0) is 37.3 Å². The number of hydrogen-bond acceptors (Lipinski definition) is 5. The van der Waals surface area contributed by atoms with Crippen LogP contribution in [0.25, 0.3) is 10.2 Å². The van der Waals surface area contributed by atoms with Crippen LogP contribution in [0.1, 0.15) is 30.2 Å². The van der Waals surface area contributed by atoms with E-state index in [0.717, 1.165) is 53.4 Å². The average Bonchev–Trinajstić information content (AvgIpc) is 3.36. The molecule has 0 aliphatic carbocycles. The summed E-state index contributed by atoms with van der Waals surface area (Å²) in [5.41, 5.74) is 1.32. The van der Waals surface area contributed by atoms with Crippen LogP contribution in [-0.2, 0) is 24.1 Å². The van der Waals surface area contributed by atoms with Crippen molar-refractivity contribution in [2.45, 2.75) is 50.4 Å². The fourth-order valence-corrected chi connectivity index (χ4v) is 5.46. The quantitative estimate of drug-likeness (QED) is 0.432. The number of hydrogen-bond donors (Lipinski definition) is 0. The number of rotatable bonds is 7. The van der Waals surface area contributed by atoms with Gasteiger partial charge in [-0.3, -0.25) is 9.36 Å². The Bertz CT molecular complexity index is 959. The minimum Gasteiger partial charge on any atom is -0.377 e. The van der Waals surface area contributed by atoms with Gasteiger partial charge in [-0.2, -0.15) is 0 Å². The number of nitrogens with zero attached hydrogens (tertiary/aromatic N) is 2. The van der Waals surface area contributed by atoms with Crippen LogP contribution in [0.5, 0.6) is 0 Å². The van der Waals surface area contributed by atoms with Gasteiger partial charge in [0.1, 0.15) is 4.83 Å². The topological polar surface area (TPSA) is 44.1 Å². The monoisotopic (exact) mass is 400 g/mol. The van der Waals surface area contributed by atoms with Gasteiger partial charge < -0.3 is 4.74 Å². The minimum absolute atomic E-state index is 0.0849. The number of aromatic nitrogens is 2. The molecule has 4 rings (SSSR count). The molecule has 142 valence electrons. The van der Waals surface area contributed by atoms with Gasteiger partial charge in [0, 0.05) is 23.8 Å². The molecular formula is C21H24N2O2S2. The van der Waals surface area contributed by atoms with Crippen LogP contribution in [0.4, 0.5) is 0 Å². The van der Waals surface area contributed by atoms with E-state index in [4.69, 9.17) is 9.72 Å². The van der Waals surface area contributed by atoms with Gasteiger partial charge in [-0.1, -0.05) is 49.0 Å². The summed E-state index contributed by atoms with van der Waals surface area (Å²) >= 11 is 3.30. The summed E-state index contributed by atoms with van der Waals surface area (Å²) in [6.07, 6.45) is 4.26. The molecule has 3 aromatic rings. The molecule has 0 spiro atoms. The Labute approximate surface area is 167 Å². The first-order chi connectivity index (χ1) is 13.2. The average molecular weight is 401 g/mol. The van der Waals surface area contributed by atoms with Gasteiger partial charge in [0.05, 0.1) is 11.5 Å². The first-order valence-corrected chi connectivity index (χ1v) is 11.4.